The molecule has 5 rings (SSSR count). The molecule has 1 N–H and O–H groups in total. The van der Waals surface area contributed by atoms with Gasteiger partial charge in [0.25, 0.3) is 0 Å². The lowest BCUT2D eigenvalue weighted by molar-refractivity contribution is 0.347. The summed E-state index contributed by atoms with van der Waals surface area (Å²) in [5, 5.41) is 16.2. The lowest BCUT2D eigenvalue weighted by Crippen LogP contribution is -1.92. The molecule has 4 aromatic rings. The van der Waals surface area contributed by atoms with Crippen LogP contribution in [0.15, 0.2) is 39.5 Å². The molecule has 1 fully saturated rings. The number of fused-ring (bicyclic) bond motifs is 1. The van der Waals surface area contributed by atoms with E-state index in [4.69, 9.17) is 9.05 Å². The Labute approximate surface area is 137 Å². The fourth-order valence-corrected chi connectivity index (χ4v) is 2.85. The van der Waals surface area contributed by atoms with E-state index in [1.165, 1.54) is 12.8 Å². The number of hydrogen-bond donors (Lipinski definition) is 1. The second-order valence-electron chi connectivity index (χ2n) is 6.24. The first-order valence-electron chi connectivity index (χ1n) is 8.02. The third-order valence-electron chi connectivity index (χ3n) is 4.28. The first-order valence-corrected chi connectivity index (χ1v) is 8.02. The predicted molar refractivity (Wildman–Crippen MR) is 84.5 cm³/mol. The Hall–Kier alpha value is -2.96. The van der Waals surface area contributed by atoms with Gasteiger partial charge in [-0.05, 0) is 30.5 Å². The predicted octanol–water partition coefficient (Wildman–Crippen LogP) is 2.99. The molecule has 7 nitrogen and oxygen atoms in total. The maximum atomic E-state index is 5.35. The van der Waals surface area contributed by atoms with Gasteiger partial charge in [-0.15, -0.1) is 0 Å². The third kappa shape index (κ3) is 2.58. The van der Waals surface area contributed by atoms with Crippen molar-refractivity contribution in [3.63, 3.8) is 0 Å². The number of hydrogen-bond acceptors (Lipinski definition) is 6. The van der Waals surface area contributed by atoms with Crippen LogP contribution >= 0.6 is 0 Å². The summed E-state index contributed by atoms with van der Waals surface area (Å²) in [4.78, 5) is 4.45. The van der Waals surface area contributed by atoms with Gasteiger partial charge in [0.2, 0.25) is 5.89 Å². The van der Waals surface area contributed by atoms with Gasteiger partial charge in [-0.3, -0.25) is 5.10 Å². The Bertz CT molecular complexity index is 995. The first kappa shape index (κ1) is 13.5. The summed E-state index contributed by atoms with van der Waals surface area (Å²) in [7, 11) is 0. The standard InChI is InChI=1S/C17H15N5O2/c1-4-14-12(9-18-20-14)5-10(1)6-16-19-17(24-22-16)8-13-7-15(21-23-13)11-2-3-11/h1,4-5,7,9,11H,2-3,6,8H2,(H,18,20). The van der Waals surface area contributed by atoms with Crippen LogP contribution in [0.25, 0.3) is 10.9 Å². The summed E-state index contributed by atoms with van der Waals surface area (Å²) in [6.45, 7) is 0. The van der Waals surface area contributed by atoms with E-state index in [0.29, 0.717) is 30.5 Å². The van der Waals surface area contributed by atoms with E-state index in [9.17, 15) is 0 Å². The molecule has 0 atom stereocenters. The lowest BCUT2D eigenvalue weighted by Gasteiger charge is -1.96. The van der Waals surface area contributed by atoms with Crippen molar-refractivity contribution in [2.75, 3.05) is 0 Å². The van der Waals surface area contributed by atoms with Crippen molar-refractivity contribution in [1.29, 1.82) is 0 Å². The van der Waals surface area contributed by atoms with Crippen molar-refractivity contribution in [3.05, 3.63) is 59.2 Å². The van der Waals surface area contributed by atoms with Gasteiger partial charge in [0, 0.05) is 23.8 Å². The number of nitrogens with one attached hydrogen (secondary N) is 1. The summed E-state index contributed by atoms with van der Waals surface area (Å²) >= 11 is 0. The van der Waals surface area contributed by atoms with E-state index >= 15 is 0 Å². The Morgan fingerprint density at radius 2 is 2.04 bits per heavy atom. The lowest BCUT2D eigenvalue weighted by atomic mass is 10.1. The van der Waals surface area contributed by atoms with Crippen LogP contribution in [0.1, 0.15) is 47.5 Å². The van der Waals surface area contributed by atoms with Gasteiger partial charge in [-0.25, -0.2) is 0 Å². The molecule has 0 aliphatic heterocycles. The Balaban J connectivity index is 1.30. The molecule has 0 radical (unpaired) electrons. The molecule has 120 valence electrons. The number of benzene rings is 1. The number of aromatic amines is 1. The molecule has 7 heteroatoms. The zero-order valence-electron chi connectivity index (χ0n) is 12.9. The van der Waals surface area contributed by atoms with Gasteiger partial charge in [-0.2, -0.15) is 10.1 Å². The minimum absolute atomic E-state index is 0.480. The van der Waals surface area contributed by atoms with Crippen molar-refractivity contribution in [2.24, 2.45) is 0 Å². The minimum atomic E-state index is 0.480. The van der Waals surface area contributed by atoms with E-state index in [1.807, 2.05) is 24.4 Å². The average molecular weight is 321 g/mol. The normalized spacial score (nSPS) is 14.5. The van der Waals surface area contributed by atoms with E-state index in [-0.39, 0.29) is 0 Å². The highest BCUT2D eigenvalue weighted by Crippen LogP contribution is 2.39. The fraction of sp³-hybridized carbons (Fsp3) is 0.294. The molecule has 0 amide bonds. The molecular formula is C17H15N5O2. The topological polar surface area (TPSA) is 93.6 Å². The number of H-pyrrole nitrogens is 1. The van der Waals surface area contributed by atoms with E-state index in [1.54, 1.807) is 0 Å². The van der Waals surface area contributed by atoms with Crippen LogP contribution in [0.2, 0.25) is 0 Å². The molecule has 1 aliphatic carbocycles. The van der Waals surface area contributed by atoms with Gasteiger partial charge in [0.1, 0.15) is 5.76 Å². The van der Waals surface area contributed by atoms with Gasteiger partial charge in [0.15, 0.2) is 5.82 Å². The van der Waals surface area contributed by atoms with E-state index < -0.39 is 0 Å². The number of nitrogens with zero attached hydrogens (tertiary/aromatic N) is 4. The summed E-state index contributed by atoms with van der Waals surface area (Å²) in [5.41, 5.74) is 3.18. The number of rotatable bonds is 5. The fourth-order valence-electron chi connectivity index (χ4n) is 2.85. The van der Waals surface area contributed by atoms with Crippen LogP contribution in [-0.4, -0.2) is 25.5 Å². The second-order valence-corrected chi connectivity index (χ2v) is 6.24. The SMILES string of the molecule is c1cc2[nH]ncc2cc1Cc1noc(Cc2cc(C3CC3)no2)n1. The van der Waals surface area contributed by atoms with Gasteiger partial charge in [0.05, 0.1) is 23.8 Å². The molecule has 1 aromatic carbocycles. The van der Waals surface area contributed by atoms with Crippen LogP contribution in [0, 0.1) is 0 Å². The molecule has 1 aliphatic rings. The quantitative estimate of drug-likeness (QED) is 0.607. The number of aromatic nitrogens is 5. The van der Waals surface area contributed by atoms with E-state index in [0.717, 1.165) is 27.9 Å². The minimum Gasteiger partial charge on any atom is -0.361 e. The Morgan fingerprint density at radius 1 is 1.08 bits per heavy atom. The van der Waals surface area contributed by atoms with Gasteiger partial charge in [-0.1, -0.05) is 16.4 Å². The monoisotopic (exact) mass is 321 g/mol. The highest BCUT2D eigenvalue weighted by Gasteiger charge is 2.27. The van der Waals surface area contributed by atoms with Crippen LogP contribution in [0.3, 0.4) is 0 Å². The first-order chi connectivity index (χ1) is 11.8. The van der Waals surface area contributed by atoms with Gasteiger partial charge < -0.3 is 9.05 Å². The summed E-state index contributed by atoms with van der Waals surface area (Å²) < 4.78 is 10.7. The van der Waals surface area contributed by atoms with Gasteiger partial charge >= 0.3 is 0 Å². The van der Waals surface area contributed by atoms with E-state index in [2.05, 4.69) is 31.6 Å². The maximum absolute atomic E-state index is 5.35. The summed E-state index contributed by atoms with van der Waals surface area (Å²) in [6.07, 6.45) is 5.32. The zero-order valence-corrected chi connectivity index (χ0v) is 12.9. The molecule has 0 saturated heterocycles. The van der Waals surface area contributed by atoms with Crippen LogP contribution < -0.4 is 0 Å². The third-order valence-corrected chi connectivity index (χ3v) is 4.28. The molecular weight excluding hydrogens is 306 g/mol. The molecule has 1 saturated carbocycles. The van der Waals surface area contributed by atoms with Crippen molar-refractivity contribution >= 4 is 10.9 Å². The molecule has 0 unspecified atom stereocenters. The maximum Gasteiger partial charge on any atom is 0.234 e. The smallest absolute Gasteiger partial charge is 0.234 e. The average Bonchev–Trinajstić information content (AvgIpc) is 2.99. The van der Waals surface area contributed by atoms with Crippen LogP contribution in [-0.2, 0) is 12.8 Å². The zero-order chi connectivity index (χ0) is 15.9. The Morgan fingerprint density at radius 3 is 2.96 bits per heavy atom. The summed E-state index contributed by atoms with van der Waals surface area (Å²) in [5.74, 6) is 2.56. The molecule has 24 heavy (non-hydrogen) atoms. The van der Waals surface area contributed by atoms with Crippen molar-refractivity contribution < 1.29 is 9.05 Å². The highest BCUT2D eigenvalue weighted by molar-refractivity contribution is 5.78. The molecule has 0 bridgehead atoms. The highest BCUT2D eigenvalue weighted by atomic mass is 16.5. The molecule has 3 aromatic heterocycles. The summed E-state index contributed by atoms with van der Waals surface area (Å²) in [6, 6.07) is 8.11. The largest absolute Gasteiger partial charge is 0.361 e. The van der Waals surface area contributed by atoms with Crippen molar-refractivity contribution in [1.82, 2.24) is 25.5 Å². The van der Waals surface area contributed by atoms with Crippen LogP contribution in [0.4, 0.5) is 0 Å². The van der Waals surface area contributed by atoms with Crippen molar-refractivity contribution in [2.45, 2.75) is 31.6 Å². The van der Waals surface area contributed by atoms with Crippen LogP contribution in [0.5, 0.6) is 0 Å². The molecule has 3 heterocycles. The Kier molecular flexibility index (Phi) is 2.97. The molecule has 0 spiro atoms. The second kappa shape index (κ2) is 5.30. The van der Waals surface area contributed by atoms with Crippen molar-refractivity contribution in [3.8, 4) is 0 Å².